The van der Waals surface area contributed by atoms with Crippen LogP contribution in [0.15, 0.2) is 48.5 Å². The number of carboxylic acids is 1. The van der Waals surface area contributed by atoms with Crippen molar-refractivity contribution in [3.05, 3.63) is 65.2 Å². The number of anilines is 1. The molecule has 0 saturated heterocycles. The van der Waals surface area contributed by atoms with Gasteiger partial charge < -0.3 is 15.3 Å². The highest BCUT2D eigenvalue weighted by Crippen LogP contribution is 2.15. The molecule has 2 N–H and O–H groups in total. The Hall–Kier alpha value is -3.15. The average molecular weight is 312 g/mol. The first-order valence-electron chi connectivity index (χ1n) is 6.85. The van der Waals surface area contributed by atoms with Crippen LogP contribution in [0.1, 0.15) is 31.1 Å². The first-order chi connectivity index (χ1) is 10.9. The van der Waals surface area contributed by atoms with Crippen LogP contribution in [0, 0.1) is 0 Å². The topological polar surface area (TPSA) is 86.7 Å². The van der Waals surface area contributed by atoms with E-state index in [1.54, 1.807) is 50.5 Å². The number of aromatic carboxylic acids is 1. The number of rotatable bonds is 4. The summed E-state index contributed by atoms with van der Waals surface area (Å²) in [4.78, 5) is 36.8. The minimum atomic E-state index is -1.17. The lowest BCUT2D eigenvalue weighted by molar-refractivity contribution is 0.0692. The molecule has 2 aromatic carbocycles. The molecule has 0 radical (unpaired) electrons. The summed E-state index contributed by atoms with van der Waals surface area (Å²) in [5, 5.41) is 11.7. The molecule has 0 heterocycles. The maximum Gasteiger partial charge on any atom is 0.336 e. The first-order valence-corrected chi connectivity index (χ1v) is 6.85. The Labute approximate surface area is 133 Å². The molecule has 2 aromatic rings. The Morgan fingerprint density at radius 3 is 2.22 bits per heavy atom. The van der Waals surface area contributed by atoms with Crippen molar-refractivity contribution in [1.82, 2.24) is 4.90 Å². The summed E-state index contributed by atoms with van der Waals surface area (Å²) in [7, 11) is 3.27. The van der Waals surface area contributed by atoms with Crippen LogP contribution >= 0.6 is 0 Å². The average Bonchev–Trinajstić information content (AvgIpc) is 2.54. The molecule has 23 heavy (non-hydrogen) atoms. The summed E-state index contributed by atoms with van der Waals surface area (Å²) in [6.45, 7) is 0. The maximum atomic E-state index is 12.3. The minimum absolute atomic E-state index is 0.0596. The van der Waals surface area contributed by atoms with Crippen molar-refractivity contribution in [2.75, 3.05) is 19.4 Å². The summed E-state index contributed by atoms with van der Waals surface area (Å²) in [6, 6.07) is 12.4. The number of amides is 2. The third kappa shape index (κ3) is 3.74. The van der Waals surface area contributed by atoms with E-state index in [4.69, 9.17) is 5.11 Å². The molecule has 6 heteroatoms. The quantitative estimate of drug-likeness (QED) is 0.907. The second kappa shape index (κ2) is 6.74. The SMILES string of the molecule is CN(C)C(=O)c1cccc(NC(=O)c2ccccc2C(=O)O)c1. The minimum Gasteiger partial charge on any atom is -0.478 e. The van der Waals surface area contributed by atoms with E-state index in [2.05, 4.69) is 5.32 Å². The summed E-state index contributed by atoms with van der Waals surface area (Å²) >= 11 is 0. The summed E-state index contributed by atoms with van der Waals surface area (Å²) in [5.74, 6) is -1.91. The highest BCUT2D eigenvalue weighted by Gasteiger charge is 2.16. The molecule has 0 aromatic heterocycles. The van der Waals surface area contributed by atoms with Crippen LogP contribution < -0.4 is 5.32 Å². The fraction of sp³-hybridized carbons (Fsp3) is 0.118. The Bertz CT molecular complexity index is 769. The largest absolute Gasteiger partial charge is 0.478 e. The molecule has 0 atom stereocenters. The van der Waals surface area contributed by atoms with E-state index in [1.807, 2.05) is 0 Å². The van der Waals surface area contributed by atoms with Gasteiger partial charge >= 0.3 is 5.97 Å². The fourth-order valence-electron chi connectivity index (χ4n) is 2.05. The van der Waals surface area contributed by atoms with Crippen LogP contribution in [0.4, 0.5) is 5.69 Å². The second-order valence-corrected chi connectivity index (χ2v) is 5.09. The number of nitrogens with one attached hydrogen (secondary N) is 1. The molecule has 6 nitrogen and oxygen atoms in total. The van der Waals surface area contributed by atoms with Crippen molar-refractivity contribution < 1.29 is 19.5 Å². The Kier molecular flexibility index (Phi) is 4.75. The van der Waals surface area contributed by atoms with E-state index in [0.29, 0.717) is 11.3 Å². The Morgan fingerprint density at radius 1 is 0.957 bits per heavy atom. The normalized spacial score (nSPS) is 10.0. The summed E-state index contributed by atoms with van der Waals surface area (Å²) in [6.07, 6.45) is 0. The highest BCUT2D eigenvalue weighted by molar-refractivity contribution is 6.11. The van der Waals surface area contributed by atoms with Gasteiger partial charge in [0.1, 0.15) is 0 Å². The highest BCUT2D eigenvalue weighted by atomic mass is 16.4. The molecule has 0 spiro atoms. The van der Waals surface area contributed by atoms with E-state index in [-0.39, 0.29) is 17.0 Å². The predicted molar refractivity (Wildman–Crippen MR) is 85.8 cm³/mol. The van der Waals surface area contributed by atoms with E-state index >= 15 is 0 Å². The third-order valence-corrected chi connectivity index (χ3v) is 3.18. The Morgan fingerprint density at radius 2 is 1.61 bits per heavy atom. The van der Waals surface area contributed by atoms with Crippen molar-refractivity contribution in [1.29, 1.82) is 0 Å². The Balaban J connectivity index is 2.26. The molecule has 0 aliphatic heterocycles. The number of hydrogen-bond donors (Lipinski definition) is 2. The summed E-state index contributed by atoms with van der Waals surface area (Å²) in [5.41, 5.74) is 0.831. The first kappa shape index (κ1) is 16.2. The lowest BCUT2D eigenvalue weighted by atomic mass is 10.1. The van der Waals surface area contributed by atoms with Crippen molar-refractivity contribution in [3.63, 3.8) is 0 Å². The third-order valence-electron chi connectivity index (χ3n) is 3.18. The molecule has 2 amide bonds. The van der Waals surface area contributed by atoms with Gasteiger partial charge in [0, 0.05) is 25.3 Å². The predicted octanol–water partition coefficient (Wildman–Crippen LogP) is 2.34. The van der Waals surface area contributed by atoms with Gasteiger partial charge in [0.15, 0.2) is 0 Å². The fourth-order valence-corrected chi connectivity index (χ4v) is 2.05. The van der Waals surface area contributed by atoms with Crippen LogP contribution in [-0.2, 0) is 0 Å². The van der Waals surface area contributed by atoms with Crippen molar-refractivity contribution in [3.8, 4) is 0 Å². The van der Waals surface area contributed by atoms with Crippen LogP contribution in [0.25, 0.3) is 0 Å². The van der Waals surface area contributed by atoms with E-state index in [0.717, 1.165) is 0 Å². The zero-order valence-electron chi connectivity index (χ0n) is 12.7. The molecule has 0 unspecified atom stereocenters. The molecule has 0 aliphatic rings. The molecule has 0 bridgehead atoms. The standard InChI is InChI=1S/C17H16N2O4/c1-19(2)16(21)11-6-5-7-12(10-11)18-15(20)13-8-3-4-9-14(13)17(22)23/h3-10H,1-2H3,(H,18,20)(H,22,23). The molecular weight excluding hydrogens is 296 g/mol. The zero-order chi connectivity index (χ0) is 17.0. The van der Waals surface area contributed by atoms with Gasteiger partial charge in [0.25, 0.3) is 11.8 Å². The molecule has 118 valence electrons. The smallest absolute Gasteiger partial charge is 0.336 e. The molecule has 0 aliphatic carbocycles. The number of hydrogen-bond acceptors (Lipinski definition) is 3. The van der Waals surface area contributed by atoms with Gasteiger partial charge in [-0.2, -0.15) is 0 Å². The van der Waals surface area contributed by atoms with Crippen LogP contribution in [0.2, 0.25) is 0 Å². The van der Waals surface area contributed by atoms with Crippen molar-refractivity contribution in [2.24, 2.45) is 0 Å². The number of nitrogens with zero attached hydrogens (tertiary/aromatic N) is 1. The second-order valence-electron chi connectivity index (χ2n) is 5.09. The number of carbonyl (C=O) groups excluding carboxylic acids is 2. The van der Waals surface area contributed by atoms with Gasteiger partial charge in [-0.05, 0) is 30.3 Å². The monoisotopic (exact) mass is 312 g/mol. The van der Waals surface area contributed by atoms with Gasteiger partial charge in [-0.25, -0.2) is 4.79 Å². The van der Waals surface area contributed by atoms with Crippen molar-refractivity contribution in [2.45, 2.75) is 0 Å². The molecule has 2 rings (SSSR count). The van der Waals surface area contributed by atoms with Crippen molar-refractivity contribution >= 4 is 23.5 Å². The number of carbonyl (C=O) groups is 3. The maximum absolute atomic E-state index is 12.3. The number of carboxylic acid groups (broad SMARTS) is 1. The van der Waals surface area contributed by atoms with E-state index in [1.165, 1.54) is 17.0 Å². The van der Waals surface area contributed by atoms with E-state index < -0.39 is 11.9 Å². The van der Waals surface area contributed by atoms with Gasteiger partial charge in [0.2, 0.25) is 0 Å². The van der Waals surface area contributed by atoms with Gasteiger partial charge in [0.05, 0.1) is 11.1 Å². The lowest BCUT2D eigenvalue weighted by Crippen LogP contribution is -2.22. The van der Waals surface area contributed by atoms with Crippen LogP contribution in [0.5, 0.6) is 0 Å². The van der Waals surface area contributed by atoms with Gasteiger partial charge in [-0.3, -0.25) is 9.59 Å². The molecular formula is C17H16N2O4. The zero-order valence-corrected chi connectivity index (χ0v) is 12.7. The van der Waals surface area contributed by atoms with Crippen LogP contribution in [-0.4, -0.2) is 41.9 Å². The lowest BCUT2D eigenvalue weighted by Gasteiger charge is -2.12. The molecule has 0 saturated carbocycles. The van der Waals surface area contributed by atoms with E-state index in [9.17, 15) is 14.4 Å². The number of benzene rings is 2. The van der Waals surface area contributed by atoms with Gasteiger partial charge in [-0.15, -0.1) is 0 Å². The summed E-state index contributed by atoms with van der Waals surface area (Å²) < 4.78 is 0. The molecule has 0 fully saturated rings. The van der Waals surface area contributed by atoms with Crippen LogP contribution in [0.3, 0.4) is 0 Å². The van der Waals surface area contributed by atoms with Gasteiger partial charge in [-0.1, -0.05) is 18.2 Å².